The Bertz CT molecular complexity index is 469. The maximum Gasteiger partial charge on any atom is 0.258 e. The van der Waals surface area contributed by atoms with Crippen LogP contribution >= 0.6 is 0 Å². The van der Waals surface area contributed by atoms with Crippen LogP contribution in [0.25, 0.3) is 0 Å². The molecular formula is C16H23NO4. The monoisotopic (exact) mass is 293 g/mol. The maximum absolute atomic E-state index is 11.8. The van der Waals surface area contributed by atoms with Gasteiger partial charge in [0.25, 0.3) is 5.91 Å². The van der Waals surface area contributed by atoms with Crippen LogP contribution < -0.4 is 14.8 Å². The number of hydrogen-bond acceptors (Lipinski definition) is 4. The number of ether oxygens (including phenoxy) is 2. The molecule has 0 aliphatic rings. The quantitative estimate of drug-likeness (QED) is 0.711. The number of benzene rings is 1. The summed E-state index contributed by atoms with van der Waals surface area (Å²) in [6, 6.07) is 5.20. The van der Waals surface area contributed by atoms with E-state index in [1.165, 1.54) is 0 Å². The SMILES string of the molecule is CCOc1cccc(C=O)c1OCC(=O)NC(CC)CC. The Hall–Kier alpha value is -2.04. The second-order valence-corrected chi connectivity index (χ2v) is 4.59. The smallest absolute Gasteiger partial charge is 0.258 e. The Morgan fingerprint density at radius 1 is 1.24 bits per heavy atom. The summed E-state index contributed by atoms with van der Waals surface area (Å²) in [5.74, 6) is 0.582. The minimum atomic E-state index is -0.202. The number of rotatable bonds is 9. The Morgan fingerprint density at radius 3 is 2.52 bits per heavy atom. The summed E-state index contributed by atoms with van der Waals surface area (Å²) < 4.78 is 10.9. The molecule has 0 saturated heterocycles. The Balaban J connectivity index is 2.73. The molecule has 0 spiro atoms. The Labute approximate surface area is 125 Å². The highest BCUT2D eigenvalue weighted by atomic mass is 16.5. The van der Waals surface area contributed by atoms with Crippen molar-refractivity contribution in [2.24, 2.45) is 0 Å². The number of carbonyl (C=O) groups excluding carboxylic acids is 2. The molecule has 0 fully saturated rings. The van der Waals surface area contributed by atoms with Crippen LogP contribution in [0.4, 0.5) is 0 Å². The third-order valence-corrected chi connectivity index (χ3v) is 3.13. The predicted molar refractivity (Wildman–Crippen MR) is 81.0 cm³/mol. The van der Waals surface area contributed by atoms with Crippen molar-refractivity contribution in [1.29, 1.82) is 0 Å². The molecule has 1 amide bonds. The van der Waals surface area contributed by atoms with Crippen molar-refractivity contribution < 1.29 is 19.1 Å². The molecule has 0 unspecified atom stereocenters. The minimum absolute atomic E-state index is 0.137. The van der Waals surface area contributed by atoms with Crippen LogP contribution in [-0.4, -0.2) is 31.4 Å². The van der Waals surface area contributed by atoms with Crippen LogP contribution in [0.5, 0.6) is 11.5 Å². The van der Waals surface area contributed by atoms with E-state index >= 15 is 0 Å². The van der Waals surface area contributed by atoms with E-state index in [0.717, 1.165) is 12.8 Å². The zero-order valence-electron chi connectivity index (χ0n) is 12.8. The number of aldehydes is 1. The Kier molecular flexibility index (Phi) is 7.29. The van der Waals surface area contributed by atoms with Crippen LogP contribution in [0, 0.1) is 0 Å². The zero-order chi connectivity index (χ0) is 15.7. The lowest BCUT2D eigenvalue weighted by Gasteiger charge is -2.16. The van der Waals surface area contributed by atoms with Crippen LogP contribution in [-0.2, 0) is 4.79 Å². The van der Waals surface area contributed by atoms with Gasteiger partial charge in [0.15, 0.2) is 24.4 Å². The van der Waals surface area contributed by atoms with E-state index in [1.807, 2.05) is 20.8 Å². The Morgan fingerprint density at radius 2 is 1.95 bits per heavy atom. The first kappa shape index (κ1) is 17.0. The van der Waals surface area contributed by atoms with Gasteiger partial charge in [-0.05, 0) is 31.9 Å². The molecule has 0 aliphatic heterocycles. The zero-order valence-corrected chi connectivity index (χ0v) is 12.8. The summed E-state index contributed by atoms with van der Waals surface area (Å²) >= 11 is 0. The van der Waals surface area contributed by atoms with E-state index < -0.39 is 0 Å². The molecular weight excluding hydrogens is 270 g/mol. The second-order valence-electron chi connectivity index (χ2n) is 4.59. The van der Waals surface area contributed by atoms with Gasteiger partial charge in [0, 0.05) is 6.04 Å². The molecule has 0 aromatic heterocycles. The predicted octanol–water partition coefficient (Wildman–Crippen LogP) is 2.58. The summed E-state index contributed by atoms with van der Waals surface area (Å²) in [5.41, 5.74) is 0.372. The lowest BCUT2D eigenvalue weighted by Crippen LogP contribution is -2.37. The summed E-state index contributed by atoms with van der Waals surface area (Å²) in [7, 11) is 0. The van der Waals surface area contributed by atoms with Crippen LogP contribution in [0.2, 0.25) is 0 Å². The van der Waals surface area contributed by atoms with Crippen molar-refractivity contribution >= 4 is 12.2 Å². The molecule has 1 N–H and O–H groups in total. The molecule has 21 heavy (non-hydrogen) atoms. The molecule has 0 heterocycles. The lowest BCUT2D eigenvalue weighted by molar-refractivity contribution is -0.123. The highest BCUT2D eigenvalue weighted by Gasteiger charge is 2.14. The average molecular weight is 293 g/mol. The standard InChI is InChI=1S/C16H23NO4/c1-4-13(5-2)17-15(19)11-21-16-12(10-18)8-7-9-14(16)20-6-3/h7-10,13H,4-6,11H2,1-3H3,(H,17,19). The van der Waals surface area contributed by atoms with Crippen LogP contribution in [0.15, 0.2) is 18.2 Å². The van der Waals surface area contributed by atoms with Crippen LogP contribution in [0.1, 0.15) is 44.0 Å². The fourth-order valence-electron chi connectivity index (χ4n) is 1.95. The number of hydrogen-bond donors (Lipinski definition) is 1. The number of nitrogens with one attached hydrogen (secondary N) is 1. The van der Waals surface area contributed by atoms with E-state index in [9.17, 15) is 9.59 Å². The third-order valence-electron chi connectivity index (χ3n) is 3.13. The van der Waals surface area contributed by atoms with E-state index in [1.54, 1.807) is 18.2 Å². The van der Waals surface area contributed by atoms with Gasteiger partial charge in [0.1, 0.15) is 0 Å². The molecule has 0 radical (unpaired) electrons. The van der Waals surface area contributed by atoms with Crippen molar-refractivity contribution in [3.63, 3.8) is 0 Å². The largest absolute Gasteiger partial charge is 0.490 e. The van der Waals surface area contributed by atoms with Gasteiger partial charge in [0.2, 0.25) is 0 Å². The molecule has 5 nitrogen and oxygen atoms in total. The van der Waals surface area contributed by atoms with E-state index in [4.69, 9.17) is 9.47 Å². The second kappa shape index (κ2) is 9.00. The van der Waals surface area contributed by atoms with E-state index in [2.05, 4.69) is 5.32 Å². The summed E-state index contributed by atoms with van der Waals surface area (Å²) in [6.45, 7) is 6.20. The van der Waals surface area contributed by atoms with Gasteiger partial charge in [-0.2, -0.15) is 0 Å². The first-order valence-corrected chi connectivity index (χ1v) is 7.29. The molecule has 0 bridgehead atoms. The van der Waals surface area contributed by atoms with Crippen LogP contribution in [0.3, 0.4) is 0 Å². The molecule has 0 saturated carbocycles. The number of amides is 1. The van der Waals surface area contributed by atoms with Gasteiger partial charge in [-0.25, -0.2) is 0 Å². The van der Waals surface area contributed by atoms with Crippen molar-refractivity contribution in [3.05, 3.63) is 23.8 Å². The highest BCUT2D eigenvalue weighted by Crippen LogP contribution is 2.30. The van der Waals surface area contributed by atoms with Crippen molar-refractivity contribution in [3.8, 4) is 11.5 Å². The van der Waals surface area contributed by atoms with Crippen molar-refractivity contribution in [1.82, 2.24) is 5.32 Å². The first-order valence-electron chi connectivity index (χ1n) is 7.29. The van der Waals surface area contributed by atoms with Crippen molar-refractivity contribution in [2.75, 3.05) is 13.2 Å². The molecule has 5 heteroatoms. The van der Waals surface area contributed by atoms with E-state index in [0.29, 0.717) is 30.0 Å². The molecule has 0 aliphatic carbocycles. The molecule has 1 aromatic rings. The third kappa shape index (κ3) is 5.10. The van der Waals surface area contributed by atoms with Gasteiger partial charge in [0.05, 0.1) is 12.2 Å². The number of para-hydroxylation sites is 1. The average Bonchev–Trinajstić information content (AvgIpc) is 2.51. The number of carbonyl (C=O) groups is 2. The van der Waals surface area contributed by atoms with Gasteiger partial charge in [-0.15, -0.1) is 0 Å². The van der Waals surface area contributed by atoms with Gasteiger partial charge in [-0.3, -0.25) is 9.59 Å². The fraction of sp³-hybridized carbons (Fsp3) is 0.500. The normalized spacial score (nSPS) is 10.3. The highest BCUT2D eigenvalue weighted by molar-refractivity contribution is 5.82. The minimum Gasteiger partial charge on any atom is -0.490 e. The topological polar surface area (TPSA) is 64.6 Å². The van der Waals surface area contributed by atoms with E-state index in [-0.39, 0.29) is 18.6 Å². The molecule has 116 valence electrons. The first-order chi connectivity index (χ1) is 10.2. The maximum atomic E-state index is 11.8. The summed E-state index contributed by atoms with van der Waals surface area (Å²) in [5, 5.41) is 2.88. The van der Waals surface area contributed by atoms with Gasteiger partial charge in [-0.1, -0.05) is 19.9 Å². The molecule has 1 aromatic carbocycles. The van der Waals surface area contributed by atoms with Crippen molar-refractivity contribution in [2.45, 2.75) is 39.7 Å². The fourth-order valence-corrected chi connectivity index (χ4v) is 1.95. The lowest BCUT2D eigenvalue weighted by atomic mass is 10.2. The van der Waals surface area contributed by atoms with Gasteiger partial charge >= 0.3 is 0 Å². The summed E-state index contributed by atoms with van der Waals surface area (Å²) in [6.07, 6.45) is 2.44. The molecule has 1 rings (SSSR count). The molecule has 0 atom stereocenters. The van der Waals surface area contributed by atoms with Gasteiger partial charge < -0.3 is 14.8 Å². The summed E-state index contributed by atoms with van der Waals surface area (Å²) in [4.78, 5) is 22.9.